The van der Waals surface area contributed by atoms with Gasteiger partial charge in [-0.3, -0.25) is 0 Å². The molecule has 0 amide bonds. The van der Waals surface area contributed by atoms with Gasteiger partial charge in [0.15, 0.2) is 0 Å². The Kier molecular flexibility index (Phi) is 1.95. The van der Waals surface area contributed by atoms with Crippen molar-refractivity contribution in [3.8, 4) is 0 Å². The summed E-state index contributed by atoms with van der Waals surface area (Å²) in [7, 11) is 0. The number of aliphatic carboxylic acids is 1. The number of carbonyl (C=O) groups is 1. The molecule has 9 heavy (non-hydrogen) atoms. The minimum atomic E-state index is -0.841. The van der Waals surface area contributed by atoms with Crippen molar-refractivity contribution in [3.63, 3.8) is 0 Å². The lowest BCUT2D eigenvalue weighted by molar-refractivity contribution is -0.132. The number of carboxylic acids is 1. The molecule has 0 saturated heterocycles. The summed E-state index contributed by atoms with van der Waals surface area (Å²) in [5, 5.41) is 10.2. The predicted octanol–water partition coefficient (Wildman–Crippen LogP) is 1.26. The fourth-order valence-electron chi connectivity index (χ4n) is 0.542. The van der Waals surface area contributed by atoms with Crippen molar-refractivity contribution >= 4 is 17.7 Å². The van der Waals surface area contributed by atoms with Gasteiger partial charge in [0.2, 0.25) is 0 Å². The molecule has 0 atom stereocenters. The topological polar surface area (TPSA) is 37.3 Å². The highest BCUT2D eigenvalue weighted by molar-refractivity contribution is 8.02. The van der Waals surface area contributed by atoms with Gasteiger partial charge in [-0.15, -0.1) is 11.8 Å². The van der Waals surface area contributed by atoms with Gasteiger partial charge in [0.05, 0.1) is 5.57 Å². The molecule has 0 fully saturated rings. The maximum absolute atomic E-state index is 10.2. The van der Waals surface area contributed by atoms with Crippen LogP contribution in [0.4, 0.5) is 0 Å². The van der Waals surface area contributed by atoms with Crippen LogP contribution in [0.1, 0.15) is 0 Å². The smallest absolute Gasteiger partial charge is 0.335 e. The molecule has 0 bridgehead atoms. The van der Waals surface area contributed by atoms with Gasteiger partial charge in [0.1, 0.15) is 0 Å². The molecule has 0 aromatic rings. The third kappa shape index (κ3) is 1.61. The highest BCUT2D eigenvalue weighted by Crippen LogP contribution is 2.13. The van der Waals surface area contributed by atoms with Gasteiger partial charge in [-0.05, 0) is 11.5 Å². The van der Waals surface area contributed by atoms with Crippen LogP contribution in [0.25, 0.3) is 0 Å². The van der Waals surface area contributed by atoms with E-state index in [1.165, 1.54) is 0 Å². The Bertz CT molecular complexity index is 181. The zero-order chi connectivity index (χ0) is 6.69. The molecule has 3 heteroatoms. The minimum Gasteiger partial charge on any atom is -0.478 e. The predicted molar refractivity (Wildman–Crippen MR) is 37.3 cm³/mol. The third-order valence-corrected chi connectivity index (χ3v) is 1.68. The standard InChI is InChI=1S/C6H6O2S/c7-6(8)5-1-3-9-4-2-5/h1-3H,4H2,(H,7,8). The molecule has 0 spiro atoms. The monoisotopic (exact) mass is 142 g/mol. The molecule has 0 aliphatic carbocycles. The highest BCUT2D eigenvalue weighted by atomic mass is 32.2. The summed E-state index contributed by atoms with van der Waals surface area (Å²) < 4.78 is 0. The molecule has 1 aliphatic heterocycles. The zero-order valence-electron chi connectivity index (χ0n) is 4.70. The molecule has 0 aromatic heterocycles. The Hall–Kier alpha value is -0.700. The first kappa shape index (κ1) is 6.42. The quantitative estimate of drug-likeness (QED) is 0.598. The fourth-order valence-corrected chi connectivity index (χ4v) is 1.17. The van der Waals surface area contributed by atoms with Gasteiger partial charge in [-0.2, -0.15) is 0 Å². The first-order chi connectivity index (χ1) is 4.30. The van der Waals surface area contributed by atoms with E-state index in [-0.39, 0.29) is 0 Å². The van der Waals surface area contributed by atoms with Gasteiger partial charge in [0, 0.05) is 5.75 Å². The van der Waals surface area contributed by atoms with Crippen LogP contribution in [0.2, 0.25) is 0 Å². The van der Waals surface area contributed by atoms with E-state index >= 15 is 0 Å². The lowest BCUT2D eigenvalue weighted by Gasteiger charge is -1.98. The molecule has 1 heterocycles. The van der Waals surface area contributed by atoms with E-state index in [9.17, 15) is 4.79 Å². The summed E-state index contributed by atoms with van der Waals surface area (Å²) in [6.45, 7) is 0. The van der Waals surface area contributed by atoms with Crippen molar-refractivity contribution in [1.29, 1.82) is 0 Å². The van der Waals surface area contributed by atoms with Crippen molar-refractivity contribution in [2.75, 3.05) is 5.75 Å². The van der Waals surface area contributed by atoms with E-state index in [2.05, 4.69) is 0 Å². The normalized spacial score (nSPS) is 17.1. The van der Waals surface area contributed by atoms with Crippen LogP contribution >= 0.6 is 11.8 Å². The molecule has 0 radical (unpaired) electrons. The summed E-state index contributed by atoms with van der Waals surface area (Å²) in [6.07, 6.45) is 3.31. The van der Waals surface area contributed by atoms with Crippen molar-refractivity contribution in [3.05, 3.63) is 23.1 Å². The largest absolute Gasteiger partial charge is 0.478 e. The lowest BCUT2D eigenvalue weighted by Crippen LogP contribution is -1.99. The highest BCUT2D eigenvalue weighted by Gasteiger charge is 2.03. The van der Waals surface area contributed by atoms with Gasteiger partial charge < -0.3 is 5.11 Å². The maximum atomic E-state index is 10.2. The summed E-state index contributed by atoms with van der Waals surface area (Å²) in [6, 6.07) is 0. The number of rotatable bonds is 1. The molecule has 1 rings (SSSR count). The van der Waals surface area contributed by atoms with Crippen LogP contribution in [0, 0.1) is 0 Å². The minimum absolute atomic E-state index is 0.397. The summed E-state index contributed by atoms with van der Waals surface area (Å²) >= 11 is 1.60. The van der Waals surface area contributed by atoms with Crippen molar-refractivity contribution in [2.24, 2.45) is 0 Å². The van der Waals surface area contributed by atoms with Gasteiger partial charge in [0.25, 0.3) is 0 Å². The van der Waals surface area contributed by atoms with E-state index in [4.69, 9.17) is 5.11 Å². The van der Waals surface area contributed by atoms with Crippen LogP contribution < -0.4 is 0 Å². The van der Waals surface area contributed by atoms with E-state index in [1.54, 1.807) is 29.3 Å². The van der Waals surface area contributed by atoms with Gasteiger partial charge >= 0.3 is 5.97 Å². The molecular formula is C6H6O2S. The second-order valence-corrected chi connectivity index (χ2v) is 2.54. The molecule has 1 N–H and O–H groups in total. The van der Waals surface area contributed by atoms with E-state index in [0.717, 1.165) is 5.75 Å². The van der Waals surface area contributed by atoms with Crippen molar-refractivity contribution in [1.82, 2.24) is 0 Å². The SMILES string of the molecule is O=C(O)C1=CCSC=C1. The average molecular weight is 142 g/mol. The van der Waals surface area contributed by atoms with Gasteiger partial charge in [-0.25, -0.2) is 4.79 Å². The van der Waals surface area contributed by atoms with Crippen molar-refractivity contribution in [2.45, 2.75) is 0 Å². The second-order valence-electron chi connectivity index (χ2n) is 1.60. The second kappa shape index (κ2) is 2.73. The van der Waals surface area contributed by atoms with Crippen LogP contribution in [-0.4, -0.2) is 16.8 Å². The summed E-state index contributed by atoms with van der Waals surface area (Å²) in [5.41, 5.74) is 0.397. The molecular weight excluding hydrogens is 136 g/mol. The molecule has 0 aromatic carbocycles. The Morgan fingerprint density at radius 1 is 1.78 bits per heavy atom. The lowest BCUT2D eigenvalue weighted by atomic mass is 10.2. The maximum Gasteiger partial charge on any atom is 0.335 e. The number of hydrogen-bond acceptors (Lipinski definition) is 2. The van der Waals surface area contributed by atoms with Gasteiger partial charge in [-0.1, -0.05) is 6.08 Å². The van der Waals surface area contributed by atoms with Crippen LogP contribution in [0.15, 0.2) is 23.1 Å². The fraction of sp³-hybridized carbons (Fsp3) is 0.167. The molecule has 1 aliphatic rings. The van der Waals surface area contributed by atoms with Crippen LogP contribution in [-0.2, 0) is 4.79 Å². The Balaban J connectivity index is 2.69. The van der Waals surface area contributed by atoms with E-state index in [0.29, 0.717) is 5.57 Å². The Labute approximate surface area is 57.3 Å². The van der Waals surface area contributed by atoms with E-state index in [1.807, 2.05) is 0 Å². The Morgan fingerprint density at radius 2 is 2.56 bits per heavy atom. The summed E-state index contributed by atoms with van der Waals surface area (Å²) in [5.74, 6) is -0.0652. The molecule has 0 unspecified atom stereocenters. The number of carboxylic acid groups (broad SMARTS) is 1. The zero-order valence-corrected chi connectivity index (χ0v) is 5.52. The van der Waals surface area contributed by atoms with Crippen molar-refractivity contribution < 1.29 is 9.90 Å². The first-order valence-electron chi connectivity index (χ1n) is 2.52. The third-order valence-electron chi connectivity index (χ3n) is 0.990. The number of thioether (sulfide) groups is 1. The Morgan fingerprint density at radius 3 is 2.89 bits per heavy atom. The molecule has 48 valence electrons. The number of hydrogen-bond donors (Lipinski definition) is 1. The van der Waals surface area contributed by atoms with E-state index < -0.39 is 5.97 Å². The molecule has 2 nitrogen and oxygen atoms in total. The average Bonchev–Trinajstić information content (AvgIpc) is 1.90. The van der Waals surface area contributed by atoms with Crippen LogP contribution in [0.3, 0.4) is 0 Å². The molecule has 0 saturated carbocycles. The first-order valence-corrected chi connectivity index (χ1v) is 3.57. The summed E-state index contributed by atoms with van der Waals surface area (Å²) in [4.78, 5) is 10.2. The van der Waals surface area contributed by atoms with Crippen LogP contribution in [0.5, 0.6) is 0 Å².